The first-order valence-electron chi connectivity index (χ1n) is 7.49. The Morgan fingerprint density at radius 3 is 2.35 bits per heavy atom. The summed E-state index contributed by atoms with van der Waals surface area (Å²) < 4.78 is 6.12. The normalized spacial score (nSPS) is 19.4. The van der Waals surface area contributed by atoms with Gasteiger partial charge in [-0.1, -0.05) is 39.3 Å². The molecule has 1 heterocycles. The predicted molar refractivity (Wildman–Crippen MR) is 82.5 cm³/mol. The highest BCUT2D eigenvalue weighted by Gasteiger charge is 2.28. The second-order valence-electron chi connectivity index (χ2n) is 6.94. The van der Waals surface area contributed by atoms with Crippen LogP contribution in [0.25, 0.3) is 0 Å². The van der Waals surface area contributed by atoms with Crippen LogP contribution in [0.15, 0.2) is 0 Å². The molecule has 0 aliphatic heterocycles. The first kappa shape index (κ1) is 15.6. The predicted octanol–water partition coefficient (Wildman–Crippen LogP) is 4.91. The van der Waals surface area contributed by atoms with E-state index >= 15 is 0 Å². The number of ether oxygens (including phenoxy) is 1. The van der Waals surface area contributed by atoms with Gasteiger partial charge in [-0.2, -0.15) is 4.98 Å². The van der Waals surface area contributed by atoms with Crippen molar-refractivity contribution in [2.24, 2.45) is 5.41 Å². The summed E-state index contributed by atoms with van der Waals surface area (Å²) in [7, 11) is 0. The van der Waals surface area contributed by atoms with E-state index in [1.807, 2.05) is 6.92 Å². The summed E-state index contributed by atoms with van der Waals surface area (Å²) in [6, 6.07) is 0. The Morgan fingerprint density at radius 2 is 1.80 bits per heavy atom. The SMILES string of the molecule is Cc1c(Cl)nc(C(C)C)nc1OC1CCC(C)(C)CC1. The van der Waals surface area contributed by atoms with Gasteiger partial charge in [-0.05, 0) is 38.0 Å². The molecule has 0 spiro atoms. The van der Waals surface area contributed by atoms with Crippen molar-refractivity contribution < 1.29 is 4.74 Å². The van der Waals surface area contributed by atoms with Crippen LogP contribution in [-0.4, -0.2) is 16.1 Å². The van der Waals surface area contributed by atoms with Crippen molar-refractivity contribution >= 4 is 11.6 Å². The highest BCUT2D eigenvalue weighted by molar-refractivity contribution is 6.30. The summed E-state index contributed by atoms with van der Waals surface area (Å²) in [5, 5.41) is 0.509. The van der Waals surface area contributed by atoms with Crippen molar-refractivity contribution in [3.05, 3.63) is 16.5 Å². The summed E-state index contributed by atoms with van der Waals surface area (Å²) in [5.74, 6) is 1.67. The van der Waals surface area contributed by atoms with Gasteiger partial charge in [0, 0.05) is 11.5 Å². The number of halogens is 1. The van der Waals surface area contributed by atoms with Crippen LogP contribution in [0, 0.1) is 12.3 Å². The van der Waals surface area contributed by atoms with Gasteiger partial charge in [-0.3, -0.25) is 0 Å². The molecule has 1 aromatic heterocycles. The van der Waals surface area contributed by atoms with E-state index in [9.17, 15) is 0 Å². The largest absolute Gasteiger partial charge is 0.474 e. The summed E-state index contributed by atoms with van der Waals surface area (Å²) in [5.41, 5.74) is 1.29. The zero-order valence-corrected chi connectivity index (χ0v) is 13.9. The molecule has 3 nitrogen and oxygen atoms in total. The third kappa shape index (κ3) is 3.63. The maximum absolute atomic E-state index is 6.19. The van der Waals surface area contributed by atoms with E-state index in [1.165, 1.54) is 12.8 Å². The lowest BCUT2D eigenvalue weighted by atomic mass is 9.76. The first-order valence-corrected chi connectivity index (χ1v) is 7.87. The molecule has 1 aliphatic rings. The Hall–Kier alpha value is -0.830. The molecule has 4 heteroatoms. The van der Waals surface area contributed by atoms with Crippen LogP contribution in [0.3, 0.4) is 0 Å². The van der Waals surface area contributed by atoms with Crippen molar-refractivity contribution in [1.29, 1.82) is 0 Å². The molecule has 1 aliphatic carbocycles. The van der Waals surface area contributed by atoms with Crippen molar-refractivity contribution in [3.8, 4) is 5.88 Å². The zero-order valence-electron chi connectivity index (χ0n) is 13.2. The Bertz CT molecular complexity index is 476. The van der Waals surface area contributed by atoms with Crippen LogP contribution in [-0.2, 0) is 0 Å². The lowest BCUT2D eigenvalue weighted by Gasteiger charge is -2.34. The molecule has 0 radical (unpaired) electrons. The lowest BCUT2D eigenvalue weighted by Crippen LogP contribution is -2.29. The fourth-order valence-electron chi connectivity index (χ4n) is 2.51. The Labute approximate surface area is 127 Å². The second-order valence-corrected chi connectivity index (χ2v) is 7.30. The van der Waals surface area contributed by atoms with Crippen LogP contribution < -0.4 is 4.74 Å². The molecule has 0 bridgehead atoms. The van der Waals surface area contributed by atoms with Gasteiger partial charge in [0.15, 0.2) is 0 Å². The lowest BCUT2D eigenvalue weighted by molar-refractivity contribution is 0.0938. The fraction of sp³-hybridized carbons (Fsp3) is 0.750. The third-order valence-corrected chi connectivity index (χ3v) is 4.51. The summed E-state index contributed by atoms with van der Waals surface area (Å²) in [4.78, 5) is 8.87. The minimum Gasteiger partial charge on any atom is -0.474 e. The van der Waals surface area contributed by atoms with E-state index in [4.69, 9.17) is 16.3 Å². The molecule has 0 aromatic carbocycles. The molecule has 112 valence electrons. The number of aromatic nitrogens is 2. The topological polar surface area (TPSA) is 35.0 Å². The molecular weight excluding hydrogens is 272 g/mol. The molecule has 0 amide bonds. The fourth-order valence-corrected chi connectivity index (χ4v) is 2.67. The molecule has 0 unspecified atom stereocenters. The number of nitrogens with zero attached hydrogens (tertiary/aromatic N) is 2. The van der Waals surface area contributed by atoms with Crippen LogP contribution in [0.5, 0.6) is 5.88 Å². The average Bonchev–Trinajstić information content (AvgIpc) is 2.36. The third-order valence-electron chi connectivity index (χ3n) is 4.14. The summed E-state index contributed by atoms with van der Waals surface area (Å²) >= 11 is 6.19. The average molecular weight is 297 g/mol. The standard InChI is InChI=1S/C16H25ClN2O/c1-10(2)14-18-13(17)11(3)15(19-14)20-12-6-8-16(4,5)9-7-12/h10,12H,6-9H2,1-5H3. The van der Waals surface area contributed by atoms with Gasteiger partial charge < -0.3 is 4.74 Å². The van der Waals surface area contributed by atoms with Gasteiger partial charge in [0.2, 0.25) is 5.88 Å². The Kier molecular flexibility index (Phi) is 4.58. The van der Waals surface area contributed by atoms with Gasteiger partial charge in [0.25, 0.3) is 0 Å². The van der Waals surface area contributed by atoms with Crippen molar-refractivity contribution in [3.63, 3.8) is 0 Å². The minimum absolute atomic E-state index is 0.251. The van der Waals surface area contributed by atoms with Crippen LogP contribution in [0.2, 0.25) is 5.15 Å². The monoisotopic (exact) mass is 296 g/mol. The molecule has 0 atom stereocenters. The second kappa shape index (κ2) is 5.88. The first-order chi connectivity index (χ1) is 9.28. The van der Waals surface area contributed by atoms with Gasteiger partial charge in [-0.25, -0.2) is 4.98 Å². The molecular formula is C16H25ClN2O. The van der Waals surface area contributed by atoms with E-state index in [1.54, 1.807) is 0 Å². The number of rotatable bonds is 3. The molecule has 0 N–H and O–H groups in total. The van der Waals surface area contributed by atoms with Crippen LogP contribution >= 0.6 is 11.6 Å². The van der Waals surface area contributed by atoms with E-state index in [2.05, 4.69) is 37.7 Å². The van der Waals surface area contributed by atoms with Crippen LogP contribution in [0.4, 0.5) is 0 Å². The Balaban J connectivity index is 2.13. The van der Waals surface area contributed by atoms with Gasteiger partial charge in [-0.15, -0.1) is 0 Å². The van der Waals surface area contributed by atoms with E-state index < -0.39 is 0 Å². The molecule has 1 saturated carbocycles. The molecule has 2 rings (SSSR count). The van der Waals surface area contributed by atoms with Crippen LogP contribution in [0.1, 0.15) is 70.7 Å². The highest BCUT2D eigenvalue weighted by atomic mass is 35.5. The summed E-state index contributed by atoms with van der Waals surface area (Å²) in [6.45, 7) is 10.7. The number of hydrogen-bond donors (Lipinski definition) is 0. The maximum Gasteiger partial charge on any atom is 0.221 e. The summed E-state index contributed by atoms with van der Waals surface area (Å²) in [6.07, 6.45) is 4.84. The molecule has 1 aromatic rings. The number of hydrogen-bond acceptors (Lipinski definition) is 3. The van der Waals surface area contributed by atoms with Crippen molar-refractivity contribution in [2.45, 2.75) is 72.3 Å². The van der Waals surface area contributed by atoms with Crippen molar-refractivity contribution in [1.82, 2.24) is 9.97 Å². The highest BCUT2D eigenvalue weighted by Crippen LogP contribution is 2.37. The van der Waals surface area contributed by atoms with E-state index in [0.29, 0.717) is 16.4 Å². The maximum atomic E-state index is 6.19. The minimum atomic E-state index is 0.251. The van der Waals surface area contributed by atoms with Gasteiger partial charge in [0.05, 0.1) is 0 Å². The molecule has 20 heavy (non-hydrogen) atoms. The Morgan fingerprint density at radius 1 is 1.20 bits per heavy atom. The van der Waals surface area contributed by atoms with E-state index in [0.717, 1.165) is 24.2 Å². The van der Waals surface area contributed by atoms with Crippen molar-refractivity contribution in [2.75, 3.05) is 0 Å². The zero-order chi connectivity index (χ0) is 14.9. The van der Waals surface area contributed by atoms with Gasteiger partial charge >= 0.3 is 0 Å². The quantitative estimate of drug-likeness (QED) is 0.743. The molecule has 1 fully saturated rings. The van der Waals surface area contributed by atoms with Gasteiger partial charge in [0.1, 0.15) is 17.1 Å². The van der Waals surface area contributed by atoms with E-state index in [-0.39, 0.29) is 12.0 Å². The smallest absolute Gasteiger partial charge is 0.221 e. The molecule has 0 saturated heterocycles.